The second kappa shape index (κ2) is 6.27. The van der Waals surface area contributed by atoms with E-state index in [0.717, 1.165) is 52.1 Å². The van der Waals surface area contributed by atoms with Gasteiger partial charge in [0.2, 0.25) is 0 Å². The molecule has 4 rings (SSSR count). The predicted octanol–water partition coefficient (Wildman–Crippen LogP) is 5.26. The van der Waals surface area contributed by atoms with E-state index in [9.17, 15) is 0 Å². The zero-order valence-corrected chi connectivity index (χ0v) is 16.6. The minimum absolute atomic E-state index is 0.0356. The molecule has 26 heavy (non-hydrogen) atoms. The molecule has 1 aromatic carbocycles. The Bertz CT molecular complexity index is 962. The molecule has 0 aliphatic carbocycles. The molecule has 0 amide bonds. The van der Waals surface area contributed by atoms with Crippen molar-refractivity contribution in [2.75, 3.05) is 18.0 Å². The van der Waals surface area contributed by atoms with Gasteiger partial charge in [0.15, 0.2) is 5.65 Å². The van der Waals surface area contributed by atoms with Crippen LogP contribution in [0.2, 0.25) is 5.02 Å². The predicted molar refractivity (Wildman–Crippen MR) is 108 cm³/mol. The van der Waals surface area contributed by atoms with Crippen molar-refractivity contribution in [3.8, 4) is 11.1 Å². The Hall–Kier alpha value is -2.07. The van der Waals surface area contributed by atoms with E-state index in [0.29, 0.717) is 0 Å². The number of fused-ring (bicyclic) bond motifs is 1. The fraction of sp³-hybridized carbons (Fsp3) is 0.429. The van der Waals surface area contributed by atoms with Crippen LogP contribution >= 0.6 is 11.6 Å². The Morgan fingerprint density at radius 3 is 2.42 bits per heavy atom. The summed E-state index contributed by atoms with van der Waals surface area (Å²) in [5.41, 5.74) is 4.92. The molecule has 0 atom stereocenters. The van der Waals surface area contributed by atoms with Crippen LogP contribution in [0.25, 0.3) is 16.8 Å². The molecule has 0 bridgehead atoms. The largest absolute Gasteiger partial charge is 0.356 e. The van der Waals surface area contributed by atoms with Crippen LogP contribution in [-0.4, -0.2) is 27.7 Å². The number of hydrogen-bond acceptors (Lipinski definition) is 3. The Labute approximate surface area is 159 Å². The number of hydrogen-bond donors (Lipinski definition) is 0. The van der Waals surface area contributed by atoms with E-state index in [4.69, 9.17) is 21.7 Å². The van der Waals surface area contributed by atoms with Gasteiger partial charge in [-0.05, 0) is 25.8 Å². The summed E-state index contributed by atoms with van der Waals surface area (Å²) in [6, 6.07) is 10.2. The molecular formula is C21H25ClN4. The molecule has 0 N–H and O–H groups in total. The average molecular weight is 369 g/mol. The van der Waals surface area contributed by atoms with Crippen molar-refractivity contribution >= 4 is 23.1 Å². The van der Waals surface area contributed by atoms with E-state index < -0.39 is 0 Å². The van der Waals surface area contributed by atoms with Crippen molar-refractivity contribution in [2.24, 2.45) is 0 Å². The first-order valence-electron chi connectivity index (χ1n) is 9.27. The second-order valence-electron chi connectivity index (χ2n) is 8.12. The summed E-state index contributed by atoms with van der Waals surface area (Å²) < 4.78 is 2.01. The zero-order chi connectivity index (χ0) is 18.5. The minimum atomic E-state index is -0.0356. The molecule has 0 spiro atoms. The van der Waals surface area contributed by atoms with Crippen molar-refractivity contribution < 1.29 is 0 Å². The smallest absolute Gasteiger partial charge is 0.165 e. The van der Waals surface area contributed by atoms with Gasteiger partial charge in [-0.3, -0.25) is 0 Å². The molecule has 4 nitrogen and oxygen atoms in total. The molecule has 1 fully saturated rings. The molecule has 1 aliphatic rings. The maximum atomic E-state index is 6.51. The molecule has 3 aromatic rings. The Balaban J connectivity index is 2.04. The normalized spacial score (nSPS) is 15.2. The van der Waals surface area contributed by atoms with E-state index in [-0.39, 0.29) is 5.41 Å². The lowest BCUT2D eigenvalue weighted by molar-refractivity contribution is 0.568. The van der Waals surface area contributed by atoms with Crippen LogP contribution in [0.4, 0.5) is 5.82 Å². The summed E-state index contributed by atoms with van der Waals surface area (Å²) in [6.07, 6.45) is 2.46. The summed E-state index contributed by atoms with van der Waals surface area (Å²) in [6.45, 7) is 10.8. The van der Waals surface area contributed by atoms with Crippen LogP contribution < -0.4 is 4.90 Å². The monoisotopic (exact) mass is 368 g/mol. The highest BCUT2D eigenvalue weighted by molar-refractivity contribution is 6.33. The van der Waals surface area contributed by atoms with Gasteiger partial charge in [-0.15, -0.1) is 0 Å². The third kappa shape index (κ3) is 2.86. The van der Waals surface area contributed by atoms with E-state index >= 15 is 0 Å². The summed E-state index contributed by atoms with van der Waals surface area (Å²) in [4.78, 5) is 7.46. The number of rotatable bonds is 2. The summed E-state index contributed by atoms with van der Waals surface area (Å²) in [5.74, 6) is 1.14. The van der Waals surface area contributed by atoms with Gasteiger partial charge in [-0.1, -0.05) is 50.6 Å². The fourth-order valence-corrected chi connectivity index (χ4v) is 3.87. The van der Waals surface area contributed by atoms with Crippen LogP contribution in [0.3, 0.4) is 0 Å². The van der Waals surface area contributed by atoms with Gasteiger partial charge in [0.1, 0.15) is 5.82 Å². The molecule has 1 aliphatic heterocycles. The van der Waals surface area contributed by atoms with Crippen LogP contribution in [0, 0.1) is 6.92 Å². The Morgan fingerprint density at radius 1 is 1.08 bits per heavy atom. The average Bonchev–Trinajstić information content (AvgIpc) is 3.21. The van der Waals surface area contributed by atoms with Crippen molar-refractivity contribution in [3.63, 3.8) is 0 Å². The van der Waals surface area contributed by atoms with Crippen LogP contribution in [-0.2, 0) is 5.41 Å². The first-order chi connectivity index (χ1) is 12.4. The summed E-state index contributed by atoms with van der Waals surface area (Å²) in [5, 5.41) is 5.58. The number of anilines is 1. The van der Waals surface area contributed by atoms with Gasteiger partial charge in [0, 0.05) is 35.2 Å². The number of nitrogens with zero attached hydrogens (tertiary/aromatic N) is 4. The minimum Gasteiger partial charge on any atom is -0.356 e. The van der Waals surface area contributed by atoms with Crippen LogP contribution in [0.15, 0.2) is 30.3 Å². The van der Waals surface area contributed by atoms with Crippen LogP contribution in [0.1, 0.15) is 45.0 Å². The summed E-state index contributed by atoms with van der Waals surface area (Å²) in [7, 11) is 0. The van der Waals surface area contributed by atoms with Gasteiger partial charge in [-0.25, -0.2) is 4.98 Å². The van der Waals surface area contributed by atoms with Gasteiger partial charge in [-0.2, -0.15) is 9.61 Å². The highest BCUT2D eigenvalue weighted by atomic mass is 35.5. The van der Waals surface area contributed by atoms with Crippen molar-refractivity contribution in [3.05, 3.63) is 46.7 Å². The van der Waals surface area contributed by atoms with E-state index in [1.165, 1.54) is 12.8 Å². The van der Waals surface area contributed by atoms with E-state index in [2.05, 4.69) is 31.7 Å². The maximum absolute atomic E-state index is 6.51. The van der Waals surface area contributed by atoms with Gasteiger partial charge < -0.3 is 4.90 Å². The summed E-state index contributed by atoms with van der Waals surface area (Å²) >= 11 is 6.51. The molecular weight excluding hydrogens is 344 g/mol. The maximum Gasteiger partial charge on any atom is 0.165 e. The van der Waals surface area contributed by atoms with Gasteiger partial charge in [0.25, 0.3) is 0 Å². The SMILES string of the molecule is Cc1nn2c(N3CCCC3)cc(C(C)(C)C)nc2c1-c1ccccc1Cl. The van der Waals surface area contributed by atoms with Gasteiger partial charge >= 0.3 is 0 Å². The highest BCUT2D eigenvalue weighted by Crippen LogP contribution is 2.36. The molecule has 3 heterocycles. The van der Waals surface area contributed by atoms with Crippen LogP contribution in [0.5, 0.6) is 0 Å². The van der Waals surface area contributed by atoms with Crippen molar-refractivity contribution in [2.45, 2.75) is 46.0 Å². The molecule has 1 saturated heterocycles. The third-order valence-electron chi connectivity index (χ3n) is 5.09. The first-order valence-corrected chi connectivity index (χ1v) is 9.65. The van der Waals surface area contributed by atoms with Crippen molar-refractivity contribution in [1.82, 2.24) is 14.6 Å². The topological polar surface area (TPSA) is 33.4 Å². The standard InChI is InChI=1S/C21H25ClN4/c1-14-19(15-9-5-6-10-16(15)22)20-23-17(21(2,3)4)13-18(26(20)24-14)25-11-7-8-12-25/h5-6,9-10,13H,7-8,11-12H2,1-4H3. The molecule has 0 radical (unpaired) electrons. The lowest BCUT2D eigenvalue weighted by atomic mass is 9.91. The lowest BCUT2D eigenvalue weighted by Gasteiger charge is -2.23. The highest BCUT2D eigenvalue weighted by Gasteiger charge is 2.25. The zero-order valence-electron chi connectivity index (χ0n) is 15.9. The van der Waals surface area contributed by atoms with E-state index in [1.54, 1.807) is 0 Å². The second-order valence-corrected chi connectivity index (χ2v) is 8.53. The van der Waals surface area contributed by atoms with Gasteiger partial charge in [0.05, 0.1) is 17.0 Å². The molecule has 2 aromatic heterocycles. The molecule has 0 saturated carbocycles. The lowest BCUT2D eigenvalue weighted by Crippen LogP contribution is -2.23. The molecule has 5 heteroatoms. The van der Waals surface area contributed by atoms with Crippen molar-refractivity contribution in [1.29, 1.82) is 0 Å². The number of aryl methyl sites for hydroxylation is 1. The number of halogens is 1. The molecule has 136 valence electrons. The molecule has 0 unspecified atom stereocenters. The van der Waals surface area contributed by atoms with E-state index in [1.807, 2.05) is 35.7 Å². The Kier molecular flexibility index (Phi) is 4.19. The number of aromatic nitrogens is 3. The fourth-order valence-electron chi connectivity index (χ4n) is 3.64. The Morgan fingerprint density at radius 2 is 1.77 bits per heavy atom. The number of benzene rings is 1. The first kappa shape index (κ1) is 17.3. The third-order valence-corrected chi connectivity index (χ3v) is 5.42. The quantitative estimate of drug-likeness (QED) is 0.619.